The molecule has 0 unspecified atom stereocenters. The van der Waals surface area contributed by atoms with Crippen molar-refractivity contribution >= 4 is 23.5 Å². The lowest BCUT2D eigenvalue weighted by atomic mass is 10.1. The minimum atomic E-state index is -4.96. The molecule has 0 saturated carbocycles. The summed E-state index contributed by atoms with van der Waals surface area (Å²) in [7, 11) is 0. The predicted molar refractivity (Wildman–Crippen MR) is 113 cm³/mol. The molecule has 0 aliphatic carbocycles. The van der Waals surface area contributed by atoms with E-state index in [0.29, 0.717) is 9.13 Å². The van der Waals surface area contributed by atoms with Gasteiger partial charge in [-0.3, -0.25) is 9.36 Å². The highest BCUT2D eigenvalue weighted by Gasteiger charge is 2.36. The number of nitrogens with zero attached hydrogens (tertiary/aromatic N) is 2. The van der Waals surface area contributed by atoms with E-state index in [-0.39, 0.29) is 28.9 Å². The zero-order chi connectivity index (χ0) is 25.1. The highest BCUT2D eigenvalue weighted by atomic mass is 35.5. The maximum absolute atomic E-state index is 13.3. The zero-order valence-electron chi connectivity index (χ0n) is 17.9. The summed E-state index contributed by atoms with van der Waals surface area (Å²) in [6.07, 6.45) is -3.90. The molecule has 2 aromatic rings. The number of carbonyl (C=O) groups is 2. The third-order valence-corrected chi connectivity index (χ3v) is 4.67. The van der Waals surface area contributed by atoms with Crippen molar-refractivity contribution in [1.82, 2.24) is 9.13 Å². The molecule has 33 heavy (non-hydrogen) atoms. The maximum Gasteiger partial charge on any atom is 0.431 e. The van der Waals surface area contributed by atoms with E-state index in [1.165, 1.54) is 19.9 Å². The molecule has 1 aromatic carbocycles. The van der Waals surface area contributed by atoms with Crippen LogP contribution in [-0.4, -0.2) is 33.3 Å². The average molecular weight is 489 g/mol. The van der Waals surface area contributed by atoms with Gasteiger partial charge in [-0.25, -0.2) is 19.0 Å². The first-order valence-corrected chi connectivity index (χ1v) is 9.87. The lowest BCUT2D eigenvalue weighted by Crippen LogP contribution is -2.42. The summed E-state index contributed by atoms with van der Waals surface area (Å²) in [5.41, 5.74) is -6.27. The van der Waals surface area contributed by atoms with Crippen LogP contribution in [0.15, 0.2) is 46.5 Å². The number of halogens is 4. The van der Waals surface area contributed by atoms with Gasteiger partial charge in [-0.2, -0.15) is 13.2 Å². The zero-order valence-corrected chi connectivity index (χ0v) is 18.6. The second kappa shape index (κ2) is 9.65. The van der Waals surface area contributed by atoms with Crippen LogP contribution in [0.5, 0.6) is 0 Å². The van der Waals surface area contributed by atoms with Gasteiger partial charge in [0.1, 0.15) is 5.69 Å². The number of carbonyl (C=O) groups excluding carboxylic acids is 2. The average Bonchev–Trinajstić information content (AvgIpc) is 2.70. The van der Waals surface area contributed by atoms with Gasteiger partial charge in [0.25, 0.3) is 5.56 Å². The van der Waals surface area contributed by atoms with Gasteiger partial charge in [0.2, 0.25) is 5.60 Å². The van der Waals surface area contributed by atoms with Crippen molar-refractivity contribution in [3.63, 3.8) is 0 Å². The van der Waals surface area contributed by atoms with Crippen LogP contribution in [0.4, 0.5) is 13.2 Å². The van der Waals surface area contributed by atoms with E-state index in [1.807, 2.05) is 0 Å². The second-order valence-electron chi connectivity index (χ2n) is 7.17. The van der Waals surface area contributed by atoms with Crippen molar-refractivity contribution in [2.75, 3.05) is 6.61 Å². The first-order chi connectivity index (χ1) is 15.2. The summed E-state index contributed by atoms with van der Waals surface area (Å²) in [6.45, 7) is 6.99. The third-order valence-electron chi connectivity index (χ3n) is 4.34. The van der Waals surface area contributed by atoms with Gasteiger partial charge in [-0.15, -0.1) is 6.58 Å². The predicted octanol–water partition coefficient (Wildman–Crippen LogP) is 3.36. The molecule has 0 aliphatic heterocycles. The molecule has 2 rings (SSSR count). The lowest BCUT2D eigenvalue weighted by Gasteiger charge is -2.23. The highest BCUT2D eigenvalue weighted by Crippen LogP contribution is 2.28. The van der Waals surface area contributed by atoms with E-state index in [9.17, 15) is 32.3 Å². The maximum atomic E-state index is 13.3. The van der Waals surface area contributed by atoms with Crippen LogP contribution in [0.1, 0.15) is 36.8 Å². The molecule has 0 amide bonds. The third kappa shape index (κ3) is 5.54. The Kier molecular flexibility index (Phi) is 7.58. The molecule has 12 heteroatoms. The molecule has 1 heterocycles. The molecule has 178 valence electrons. The van der Waals surface area contributed by atoms with Crippen molar-refractivity contribution in [2.24, 2.45) is 0 Å². The second-order valence-corrected chi connectivity index (χ2v) is 7.57. The van der Waals surface area contributed by atoms with E-state index < -0.39 is 47.2 Å². The Morgan fingerprint density at radius 1 is 1.18 bits per heavy atom. The molecular weight excluding hydrogens is 469 g/mol. The highest BCUT2D eigenvalue weighted by molar-refractivity contribution is 6.33. The number of ether oxygens (including phenoxy) is 2. The van der Waals surface area contributed by atoms with Crippen LogP contribution in [-0.2, 0) is 27.0 Å². The van der Waals surface area contributed by atoms with Crippen LogP contribution in [0, 0.1) is 0 Å². The van der Waals surface area contributed by atoms with Crippen molar-refractivity contribution < 1.29 is 32.2 Å². The lowest BCUT2D eigenvalue weighted by molar-refractivity contribution is -0.162. The molecule has 0 aliphatic rings. The Morgan fingerprint density at radius 3 is 2.36 bits per heavy atom. The van der Waals surface area contributed by atoms with Gasteiger partial charge in [0, 0.05) is 12.6 Å². The fourth-order valence-electron chi connectivity index (χ4n) is 2.80. The van der Waals surface area contributed by atoms with Crippen LogP contribution < -0.4 is 11.2 Å². The summed E-state index contributed by atoms with van der Waals surface area (Å²) in [4.78, 5) is 49.8. The Bertz CT molecular complexity index is 1210. The van der Waals surface area contributed by atoms with Crippen LogP contribution in [0.3, 0.4) is 0 Å². The summed E-state index contributed by atoms with van der Waals surface area (Å²) >= 11 is 6.04. The van der Waals surface area contributed by atoms with Crippen molar-refractivity contribution in [1.29, 1.82) is 0 Å². The molecule has 0 bridgehead atoms. The van der Waals surface area contributed by atoms with Gasteiger partial charge in [-0.05, 0) is 39.0 Å². The molecule has 0 radical (unpaired) electrons. The van der Waals surface area contributed by atoms with Crippen LogP contribution in [0.2, 0.25) is 5.02 Å². The quantitative estimate of drug-likeness (QED) is 0.438. The minimum Gasteiger partial charge on any atom is -0.463 e. The molecule has 8 nitrogen and oxygen atoms in total. The fourth-order valence-corrected chi connectivity index (χ4v) is 2.99. The van der Waals surface area contributed by atoms with Crippen LogP contribution in [0.25, 0.3) is 5.69 Å². The standard InChI is InChI=1S/C21H20ClF3N2O6/c1-5-9-26-15(21(23,24)25)11-16(28)27(19(26)31)12-7-8-14(22)13(10-12)17(29)33-20(3,4)18(30)32-6-2/h5,7-8,10-11H,1,6,9H2,2-4H3. The number of allylic oxidation sites excluding steroid dienone is 1. The fraction of sp³-hybridized carbons (Fsp3) is 0.333. The van der Waals surface area contributed by atoms with E-state index in [2.05, 4.69) is 6.58 Å². The number of aromatic nitrogens is 2. The number of rotatable bonds is 7. The Hall–Kier alpha value is -3.34. The summed E-state index contributed by atoms with van der Waals surface area (Å²) < 4.78 is 50.7. The molecular formula is C21H20ClF3N2O6. The number of alkyl halides is 3. The summed E-state index contributed by atoms with van der Waals surface area (Å²) in [5, 5.41) is -0.144. The largest absolute Gasteiger partial charge is 0.463 e. The summed E-state index contributed by atoms with van der Waals surface area (Å²) in [5.74, 6) is -1.90. The number of esters is 2. The van der Waals surface area contributed by atoms with Crippen molar-refractivity contribution in [2.45, 2.75) is 39.1 Å². The SMILES string of the molecule is C=CCn1c(C(F)(F)F)cc(=O)n(-c2ccc(Cl)c(C(=O)OC(C)(C)C(=O)OCC)c2)c1=O. The van der Waals surface area contributed by atoms with Gasteiger partial charge in [0.15, 0.2) is 0 Å². The molecule has 0 fully saturated rings. The van der Waals surface area contributed by atoms with Gasteiger partial charge >= 0.3 is 23.8 Å². The summed E-state index contributed by atoms with van der Waals surface area (Å²) in [6, 6.07) is 3.59. The first-order valence-electron chi connectivity index (χ1n) is 9.50. The van der Waals surface area contributed by atoms with E-state index >= 15 is 0 Å². The van der Waals surface area contributed by atoms with Gasteiger partial charge < -0.3 is 9.47 Å². The molecule has 0 N–H and O–H groups in total. The number of benzene rings is 1. The smallest absolute Gasteiger partial charge is 0.431 e. The van der Waals surface area contributed by atoms with Crippen molar-refractivity contribution in [3.8, 4) is 5.69 Å². The van der Waals surface area contributed by atoms with Gasteiger partial charge in [0.05, 0.1) is 22.9 Å². The van der Waals surface area contributed by atoms with Crippen molar-refractivity contribution in [3.05, 3.63) is 74.0 Å². The Labute approximate surface area is 190 Å². The normalized spacial score (nSPS) is 11.7. The minimum absolute atomic E-state index is 0.0455. The topological polar surface area (TPSA) is 96.6 Å². The Morgan fingerprint density at radius 2 is 1.82 bits per heavy atom. The van der Waals surface area contributed by atoms with Crippen LogP contribution >= 0.6 is 11.6 Å². The molecule has 1 aromatic heterocycles. The van der Waals surface area contributed by atoms with E-state index in [1.54, 1.807) is 6.92 Å². The van der Waals surface area contributed by atoms with Gasteiger partial charge in [-0.1, -0.05) is 17.7 Å². The molecule has 0 spiro atoms. The number of hydrogen-bond acceptors (Lipinski definition) is 6. The van der Waals surface area contributed by atoms with E-state index in [0.717, 1.165) is 18.2 Å². The Balaban J connectivity index is 2.62. The number of hydrogen-bond donors (Lipinski definition) is 0. The molecule has 0 atom stereocenters. The first kappa shape index (κ1) is 25.9. The molecule has 0 saturated heterocycles. The van der Waals surface area contributed by atoms with E-state index in [4.69, 9.17) is 21.1 Å². The monoisotopic (exact) mass is 488 g/mol.